The maximum absolute atomic E-state index is 13.1. The van der Waals surface area contributed by atoms with Crippen molar-refractivity contribution in [1.82, 2.24) is 0 Å². The first-order valence-electron chi connectivity index (χ1n) is 9.73. The fraction of sp³-hybridized carbons (Fsp3) is 0.364. The van der Waals surface area contributed by atoms with Crippen LogP contribution in [-0.4, -0.2) is 29.0 Å². The van der Waals surface area contributed by atoms with Gasteiger partial charge in [-0.25, -0.2) is 4.79 Å². The summed E-state index contributed by atoms with van der Waals surface area (Å²) in [6.07, 6.45) is -0.900. The van der Waals surface area contributed by atoms with Gasteiger partial charge in [-0.05, 0) is 43.5 Å². The zero-order valence-electron chi connectivity index (χ0n) is 17.3. The molecular weight excluding hydrogens is 388 g/mol. The van der Waals surface area contributed by atoms with E-state index in [1.165, 1.54) is 23.1 Å². The molecule has 30 heavy (non-hydrogen) atoms. The van der Waals surface area contributed by atoms with Gasteiger partial charge in [0.1, 0.15) is 5.75 Å². The van der Waals surface area contributed by atoms with E-state index in [-0.39, 0.29) is 30.2 Å². The van der Waals surface area contributed by atoms with Gasteiger partial charge in [0.05, 0.1) is 28.8 Å². The van der Waals surface area contributed by atoms with E-state index < -0.39 is 17.0 Å². The number of nitro groups is 1. The molecule has 8 nitrogen and oxygen atoms in total. The minimum Gasteiger partial charge on any atom is -0.478 e. The Labute approximate surface area is 174 Å². The summed E-state index contributed by atoms with van der Waals surface area (Å²) in [5.74, 6) is -0.325. The van der Waals surface area contributed by atoms with E-state index in [0.29, 0.717) is 17.0 Å². The van der Waals surface area contributed by atoms with Crippen LogP contribution in [0.5, 0.6) is 5.75 Å². The summed E-state index contributed by atoms with van der Waals surface area (Å²) in [7, 11) is 0. The summed E-state index contributed by atoms with van der Waals surface area (Å²) in [5, 5.41) is 11.2. The Morgan fingerprint density at radius 2 is 1.83 bits per heavy atom. The molecule has 1 heterocycles. The number of rotatable bonds is 6. The third-order valence-corrected chi connectivity index (χ3v) is 4.69. The molecule has 0 saturated carbocycles. The Balaban J connectivity index is 1.91. The fourth-order valence-electron chi connectivity index (χ4n) is 3.18. The first kappa shape index (κ1) is 21.3. The van der Waals surface area contributed by atoms with E-state index in [9.17, 15) is 19.7 Å². The van der Waals surface area contributed by atoms with Crippen molar-refractivity contribution >= 4 is 23.3 Å². The number of nitro benzene ring substituents is 1. The minimum absolute atomic E-state index is 0.0727. The lowest BCUT2D eigenvalue weighted by atomic mass is 10.0. The van der Waals surface area contributed by atoms with Crippen molar-refractivity contribution in [3.8, 4) is 5.75 Å². The maximum atomic E-state index is 13.1. The van der Waals surface area contributed by atoms with Crippen LogP contribution in [0.1, 0.15) is 43.6 Å². The number of non-ortho nitro benzene ring substituents is 1. The second-order valence-corrected chi connectivity index (χ2v) is 7.77. The summed E-state index contributed by atoms with van der Waals surface area (Å²) in [5.41, 5.74) is 1.42. The van der Waals surface area contributed by atoms with Gasteiger partial charge in [-0.15, -0.1) is 0 Å². The Bertz CT molecular complexity index is 968. The number of carbonyl (C=O) groups excluding carboxylic acids is 2. The molecule has 2 aromatic rings. The van der Waals surface area contributed by atoms with Crippen LogP contribution in [0.25, 0.3) is 0 Å². The normalized spacial score (nSPS) is 15.7. The first-order chi connectivity index (χ1) is 14.2. The van der Waals surface area contributed by atoms with Crippen molar-refractivity contribution in [2.24, 2.45) is 5.92 Å². The summed E-state index contributed by atoms with van der Waals surface area (Å²) in [6, 6.07) is 11.0. The summed E-state index contributed by atoms with van der Waals surface area (Å²) >= 11 is 0. The third kappa shape index (κ3) is 4.42. The van der Waals surface area contributed by atoms with Crippen molar-refractivity contribution in [3.63, 3.8) is 0 Å². The van der Waals surface area contributed by atoms with Gasteiger partial charge in [0.2, 0.25) is 0 Å². The van der Waals surface area contributed by atoms with Gasteiger partial charge in [-0.3, -0.25) is 14.9 Å². The second-order valence-electron chi connectivity index (χ2n) is 7.77. The minimum atomic E-state index is -0.681. The van der Waals surface area contributed by atoms with Crippen LogP contribution in [0.2, 0.25) is 0 Å². The predicted octanol–water partition coefficient (Wildman–Crippen LogP) is 4.11. The third-order valence-electron chi connectivity index (χ3n) is 4.69. The summed E-state index contributed by atoms with van der Waals surface area (Å²) < 4.78 is 11.0. The van der Waals surface area contributed by atoms with Gasteiger partial charge in [0.25, 0.3) is 11.6 Å². The molecule has 2 aromatic carbocycles. The summed E-state index contributed by atoms with van der Waals surface area (Å²) in [4.78, 5) is 37.3. The van der Waals surface area contributed by atoms with Gasteiger partial charge < -0.3 is 14.4 Å². The Morgan fingerprint density at radius 3 is 2.40 bits per heavy atom. The average Bonchev–Trinajstić information content (AvgIpc) is 2.69. The highest BCUT2D eigenvalue weighted by Crippen LogP contribution is 2.39. The molecule has 0 fully saturated rings. The molecule has 158 valence electrons. The highest BCUT2D eigenvalue weighted by Gasteiger charge is 2.37. The number of carbonyl (C=O) groups is 2. The monoisotopic (exact) mass is 412 g/mol. The largest absolute Gasteiger partial charge is 0.478 e. The van der Waals surface area contributed by atoms with E-state index in [1.54, 1.807) is 38.1 Å². The number of esters is 1. The molecule has 0 radical (unpaired) electrons. The van der Waals surface area contributed by atoms with Gasteiger partial charge >= 0.3 is 5.97 Å². The van der Waals surface area contributed by atoms with Crippen molar-refractivity contribution in [1.29, 1.82) is 0 Å². The lowest BCUT2D eigenvalue weighted by molar-refractivity contribution is -0.384. The Morgan fingerprint density at radius 1 is 1.17 bits per heavy atom. The molecule has 0 spiro atoms. The molecule has 3 rings (SSSR count). The van der Waals surface area contributed by atoms with Gasteiger partial charge in [0.15, 0.2) is 6.10 Å². The maximum Gasteiger partial charge on any atom is 0.338 e. The quantitative estimate of drug-likeness (QED) is 0.402. The molecule has 1 amide bonds. The second kappa shape index (κ2) is 8.52. The predicted molar refractivity (Wildman–Crippen MR) is 111 cm³/mol. The zero-order valence-corrected chi connectivity index (χ0v) is 17.3. The van der Waals surface area contributed by atoms with E-state index in [2.05, 4.69) is 0 Å². The van der Waals surface area contributed by atoms with Crippen molar-refractivity contribution < 1.29 is 24.0 Å². The van der Waals surface area contributed by atoms with Gasteiger partial charge in [-0.2, -0.15) is 0 Å². The number of amides is 1. The molecule has 0 aliphatic carbocycles. The van der Waals surface area contributed by atoms with Gasteiger partial charge in [0, 0.05) is 12.1 Å². The van der Waals surface area contributed by atoms with Crippen molar-refractivity contribution in [2.75, 3.05) is 4.90 Å². The number of hydrogen-bond acceptors (Lipinski definition) is 6. The van der Waals surface area contributed by atoms with Crippen molar-refractivity contribution in [3.05, 3.63) is 63.7 Å². The molecule has 1 aliphatic heterocycles. The van der Waals surface area contributed by atoms with Gasteiger partial charge in [-0.1, -0.05) is 26.0 Å². The first-order valence-corrected chi connectivity index (χ1v) is 9.73. The lowest BCUT2D eigenvalue weighted by Gasteiger charge is -2.36. The fourth-order valence-corrected chi connectivity index (χ4v) is 3.18. The average molecular weight is 412 g/mol. The van der Waals surface area contributed by atoms with E-state index >= 15 is 0 Å². The smallest absolute Gasteiger partial charge is 0.338 e. The van der Waals surface area contributed by atoms with Crippen LogP contribution >= 0.6 is 0 Å². The van der Waals surface area contributed by atoms with Crippen LogP contribution in [-0.2, 0) is 16.1 Å². The number of nitrogens with zero attached hydrogens (tertiary/aromatic N) is 2. The Hall–Kier alpha value is -3.42. The molecule has 8 heteroatoms. The van der Waals surface area contributed by atoms with Crippen LogP contribution in [0.3, 0.4) is 0 Å². The van der Waals surface area contributed by atoms with E-state index in [0.717, 1.165) is 5.56 Å². The highest BCUT2D eigenvalue weighted by molar-refractivity contribution is 6.00. The molecule has 1 aliphatic rings. The zero-order chi connectivity index (χ0) is 22.0. The van der Waals surface area contributed by atoms with Crippen LogP contribution in [0, 0.1) is 16.0 Å². The van der Waals surface area contributed by atoms with E-state index in [4.69, 9.17) is 9.47 Å². The molecule has 1 unspecified atom stereocenters. The molecule has 0 bridgehead atoms. The number of anilines is 1. The number of hydrogen-bond donors (Lipinski definition) is 0. The number of fused-ring (bicyclic) bond motifs is 1. The van der Waals surface area contributed by atoms with Crippen molar-refractivity contribution in [2.45, 2.75) is 46.4 Å². The molecule has 1 atom stereocenters. The van der Waals surface area contributed by atoms with Crippen LogP contribution < -0.4 is 9.64 Å². The lowest BCUT2D eigenvalue weighted by Crippen LogP contribution is -2.48. The standard InChI is InChI=1S/C22H24N2O6/c1-13(2)20-21(25)23(18-11-17(24(27)28)9-10-19(18)30-20)12-15-5-7-16(8-6-15)22(26)29-14(3)4/h5-11,13-14,20H,12H2,1-4H3. The number of ether oxygens (including phenoxy) is 2. The molecule has 0 saturated heterocycles. The van der Waals surface area contributed by atoms with Crippen LogP contribution in [0.4, 0.5) is 11.4 Å². The number of benzene rings is 2. The highest BCUT2D eigenvalue weighted by atomic mass is 16.6. The van der Waals surface area contributed by atoms with E-state index in [1.807, 2.05) is 13.8 Å². The summed E-state index contributed by atoms with van der Waals surface area (Å²) in [6.45, 7) is 7.51. The molecule has 0 aromatic heterocycles. The topological polar surface area (TPSA) is 99.0 Å². The molecule has 0 N–H and O–H groups in total. The SMILES string of the molecule is CC(C)OC(=O)c1ccc(CN2C(=O)C(C(C)C)Oc3ccc([N+](=O)[O-])cc32)cc1. The van der Waals surface area contributed by atoms with Crippen LogP contribution in [0.15, 0.2) is 42.5 Å². The molecular formula is C22H24N2O6. The Kier molecular flexibility index (Phi) is 6.05.